The maximum Gasteiger partial charge on any atom is 0.262 e. The molecular weight excluding hydrogens is 331 g/mol. The van der Waals surface area contributed by atoms with Crippen molar-refractivity contribution in [3.05, 3.63) is 71.0 Å². The zero-order valence-corrected chi connectivity index (χ0v) is 14.8. The maximum absolute atomic E-state index is 13.1. The Hall–Kier alpha value is -3.13. The van der Waals surface area contributed by atoms with Gasteiger partial charge in [-0.2, -0.15) is 5.26 Å². The van der Waals surface area contributed by atoms with Crippen molar-refractivity contribution in [1.29, 1.82) is 5.26 Å². The molecule has 0 aliphatic rings. The summed E-state index contributed by atoms with van der Waals surface area (Å²) in [4.78, 5) is 12.0. The first kappa shape index (κ1) is 19.2. The van der Waals surface area contributed by atoms with E-state index in [1.54, 1.807) is 36.4 Å². The van der Waals surface area contributed by atoms with Gasteiger partial charge in [0.05, 0.1) is 0 Å². The summed E-state index contributed by atoms with van der Waals surface area (Å²) in [5.41, 5.74) is 1.51. The summed E-state index contributed by atoms with van der Waals surface area (Å²) in [6.07, 6.45) is 2.33. The van der Waals surface area contributed by atoms with Crippen LogP contribution in [0, 0.1) is 17.1 Å². The maximum atomic E-state index is 13.1. The largest absolute Gasteiger partial charge is 0.489 e. The van der Waals surface area contributed by atoms with Crippen molar-refractivity contribution in [3.63, 3.8) is 0 Å². The molecule has 0 aliphatic heterocycles. The second-order valence-electron chi connectivity index (χ2n) is 5.94. The van der Waals surface area contributed by atoms with Gasteiger partial charge in [0, 0.05) is 6.04 Å². The Morgan fingerprint density at radius 3 is 2.65 bits per heavy atom. The summed E-state index contributed by atoms with van der Waals surface area (Å²) in [6.45, 7) is 4.11. The first-order chi connectivity index (χ1) is 12.5. The van der Waals surface area contributed by atoms with E-state index in [2.05, 4.69) is 5.32 Å². The lowest BCUT2D eigenvalue weighted by Crippen LogP contribution is -2.32. The van der Waals surface area contributed by atoms with Crippen LogP contribution >= 0.6 is 0 Å². The average Bonchev–Trinajstić information content (AvgIpc) is 2.65. The van der Waals surface area contributed by atoms with Gasteiger partial charge in [0.25, 0.3) is 5.91 Å². The topological polar surface area (TPSA) is 62.1 Å². The van der Waals surface area contributed by atoms with Gasteiger partial charge in [0.2, 0.25) is 0 Å². The molecular formula is C21H21FN2O2. The van der Waals surface area contributed by atoms with Crippen LogP contribution in [-0.2, 0) is 11.4 Å². The number of hydrogen-bond donors (Lipinski definition) is 1. The number of rotatable bonds is 7. The second-order valence-corrected chi connectivity index (χ2v) is 5.94. The molecule has 26 heavy (non-hydrogen) atoms. The quantitative estimate of drug-likeness (QED) is 0.599. The number of nitrogens with zero attached hydrogens (tertiary/aromatic N) is 1. The minimum absolute atomic E-state index is 0.0119. The lowest BCUT2D eigenvalue weighted by Gasteiger charge is -2.10. The number of ether oxygens (including phenoxy) is 1. The number of halogens is 1. The fraction of sp³-hybridized carbons (Fsp3) is 0.238. The Morgan fingerprint density at radius 1 is 1.31 bits per heavy atom. The van der Waals surface area contributed by atoms with Crippen LogP contribution in [0.2, 0.25) is 0 Å². The van der Waals surface area contributed by atoms with Crippen LogP contribution in [0.25, 0.3) is 6.08 Å². The van der Waals surface area contributed by atoms with Gasteiger partial charge in [0.15, 0.2) is 0 Å². The van der Waals surface area contributed by atoms with Crippen LogP contribution in [0.5, 0.6) is 5.75 Å². The fourth-order valence-corrected chi connectivity index (χ4v) is 2.17. The Balaban J connectivity index is 2.01. The highest BCUT2D eigenvalue weighted by atomic mass is 19.1. The molecule has 2 rings (SSSR count). The fourth-order valence-electron chi connectivity index (χ4n) is 2.17. The van der Waals surface area contributed by atoms with Gasteiger partial charge >= 0.3 is 0 Å². The lowest BCUT2D eigenvalue weighted by atomic mass is 10.1. The lowest BCUT2D eigenvalue weighted by molar-refractivity contribution is -0.117. The predicted octanol–water partition coefficient (Wildman–Crippen LogP) is 4.23. The van der Waals surface area contributed by atoms with Crippen LogP contribution in [0.4, 0.5) is 4.39 Å². The Bertz CT molecular complexity index is 823. The summed E-state index contributed by atoms with van der Waals surface area (Å²) >= 11 is 0. The van der Waals surface area contributed by atoms with Crippen molar-refractivity contribution in [2.24, 2.45) is 0 Å². The standard InChI is InChI=1S/C21H21FN2O2/c1-3-15(2)24-21(25)18(13-23)11-16-7-9-20(10-8-16)26-14-17-5-4-6-19(22)12-17/h4-12,15H,3,14H2,1-2H3,(H,24,25)/b18-11+/t15-/m0/s1. The first-order valence-electron chi connectivity index (χ1n) is 8.41. The minimum atomic E-state index is -0.381. The molecule has 0 fully saturated rings. The van der Waals surface area contributed by atoms with E-state index in [4.69, 9.17) is 4.74 Å². The molecule has 0 spiro atoms. The molecule has 0 heterocycles. The second kappa shape index (κ2) is 9.38. The number of benzene rings is 2. The highest BCUT2D eigenvalue weighted by Gasteiger charge is 2.11. The molecule has 1 atom stereocenters. The molecule has 0 saturated carbocycles. The number of amides is 1. The molecule has 134 valence electrons. The molecule has 2 aromatic carbocycles. The van der Waals surface area contributed by atoms with Gasteiger partial charge in [-0.3, -0.25) is 4.79 Å². The van der Waals surface area contributed by atoms with Crippen molar-refractivity contribution in [2.75, 3.05) is 0 Å². The smallest absolute Gasteiger partial charge is 0.262 e. The summed E-state index contributed by atoms with van der Waals surface area (Å²) in [5.74, 6) is -0.0615. The van der Waals surface area contributed by atoms with E-state index >= 15 is 0 Å². The number of carbonyl (C=O) groups excluding carboxylic acids is 1. The Labute approximate surface area is 152 Å². The van der Waals surface area contributed by atoms with Gasteiger partial charge in [-0.05, 0) is 54.8 Å². The number of hydrogen-bond acceptors (Lipinski definition) is 3. The monoisotopic (exact) mass is 352 g/mol. The van der Waals surface area contributed by atoms with Crippen molar-refractivity contribution in [1.82, 2.24) is 5.32 Å². The molecule has 0 saturated heterocycles. The van der Waals surface area contributed by atoms with E-state index in [9.17, 15) is 14.4 Å². The number of nitriles is 1. The predicted molar refractivity (Wildman–Crippen MR) is 98.7 cm³/mol. The third kappa shape index (κ3) is 5.75. The summed E-state index contributed by atoms with van der Waals surface area (Å²) in [6, 6.07) is 15.2. The first-order valence-corrected chi connectivity index (χ1v) is 8.41. The van der Waals surface area contributed by atoms with Crippen LogP contribution in [0.3, 0.4) is 0 Å². The summed E-state index contributed by atoms with van der Waals surface area (Å²) < 4.78 is 18.8. The number of carbonyl (C=O) groups is 1. The molecule has 0 aromatic heterocycles. The Kier molecular flexibility index (Phi) is 6.92. The van der Waals surface area contributed by atoms with E-state index in [1.165, 1.54) is 18.2 Å². The summed E-state index contributed by atoms with van der Waals surface area (Å²) in [5, 5.41) is 12.0. The molecule has 5 heteroatoms. The van der Waals surface area contributed by atoms with Crippen LogP contribution < -0.4 is 10.1 Å². The zero-order valence-electron chi connectivity index (χ0n) is 14.8. The van der Waals surface area contributed by atoms with E-state index in [-0.39, 0.29) is 29.9 Å². The van der Waals surface area contributed by atoms with Crippen molar-refractivity contribution < 1.29 is 13.9 Å². The van der Waals surface area contributed by atoms with Crippen LogP contribution in [0.1, 0.15) is 31.4 Å². The molecule has 0 aliphatic carbocycles. The van der Waals surface area contributed by atoms with Crippen LogP contribution in [-0.4, -0.2) is 11.9 Å². The Morgan fingerprint density at radius 2 is 2.04 bits per heavy atom. The third-order valence-corrected chi connectivity index (χ3v) is 3.84. The molecule has 2 aromatic rings. The molecule has 0 unspecified atom stereocenters. The average molecular weight is 352 g/mol. The minimum Gasteiger partial charge on any atom is -0.489 e. The number of nitrogens with one attached hydrogen (secondary N) is 1. The summed E-state index contributed by atoms with van der Waals surface area (Å²) in [7, 11) is 0. The van der Waals surface area contributed by atoms with E-state index in [1.807, 2.05) is 19.9 Å². The molecule has 4 nitrogen and oxygen atoms in total. The van der Waals surface area contributed by atoms with Crippen molar-refractivity contribution >= 4 is 12.0 Å². The van der Waals surface area contributed by atoms with Crippen molar-refractivity contribution in [3.8, 4) is 11.8 Å². The third-order valence-electron chi connectivity index (χ3n) is 3.84. The zero-order chi connectivity index (χ0) is 18.9. The van der Waals surface area contributed by atoms with Crippen LogP contribution in [0.15, 0.2) is 54.1 Å². The van der Waals surface area contributed by atoms with Crippen molar-refractivity contribution in [2.45, 2.75) is 32.9 Å². The highest BCUT2D eigenvalue weighted by Crippen LogP contribution is 2.16. The SMILES string of the molecule is CC[C@H](C)NC(=O)/C(C#N)=C/c1ccc(OCc2cccc(F)c2)cc1. The van der Waals surface area contributed by atoms with E-state index < -0.39 is 0 Å². The molecule has 0 radical (unpaired) electrons. The van der Waals surface area contributed by atoms with E-state index in [0.29, 0.717) is 5.75 Å². The van der Waals surface area contributed by atoms with E-state index in [0.717, 1.165) is 17.5 Å². The van der Waals surface area contributed by atoms with Gasteiger partial charge in [-0.15, -0.1) is 0 Å². The molecule has 1 N–H and O–H groups in total. The van der Waals surface area contributed by atoms with Gasteiger partial charge < -0.3 is 10.1 Å². The van der Waals surface area contributed by atoms with Gasteiger partial charge in [0.1, 0.15) is 29.8 Å². The normalized spacial score (nSPS) is 12.2. The molecule has 0 bridgehead atoms. The molecule has 1 amide bonds. The highest BCUT2D eigenvalue weighted by molar-refractivity contribution is 6.01. The van der Waals surface area contributed by atoms with Gasteiger partial charge in [-0.25, -0.2) is 4.39 Å². The van der Waals surface area contributed by atoms with Gasteiger partial charge in [-0.1, -0.05) is 31.2 Å².